The van der Waals surface area contributed by atoms with E-state index in [1.165, 1.54) is 69.8 Å². The highest BCUT2D eigenvalue weighted by atomic mass is 35.5. The maximum Gasteiger partial charge on any atom is 0.177 e. The second kappa shape index (κ2) is 10.1. The van der Waals surface area contributed by atoms with Crippen molar-refractivity contribution in [1.29, 1.82) is 0 Å². The van der Waals surface area contributed by atoms with Crippen LogP contribution in [0.25, 0.3) is 0 Å². The Morgan fingerprint density at radius 1 is 1.00 bits per heavy atom. The SMILES string of the molecule is CCCCCCCC1CCC(c2ccc(C(=O)CCl)cc2)CC1. The number of Topliss-reactive ketones (excluding diaryl/α,β-unsaturated/α-hetero) is 1. The minimum absolute atomic E-state index is 0.0185. The van der Waals surface area contributed by atoms with Crippen molar-refractivity contribution in [3.63, 3.8) is 0 Å². The van der Waals surface area contributed by atoms with Crippen molar-refractivity contribution in [3.8, 4) is 0 Å². The summed E-state index contributed by atoms with van der Waals surface area (Å²) in [5.74, 6) is 1.73. The maximum absolute atomic E-state index is 11.6. The van der Waals surface area contributed by atoms with E-state index in [1.807, 2.05) is 12.1 Å². The molecule has 1 aliphatic rings. The maximum atomic E-state index is 11.6. The lowest BCUT2D eigenvalue weighted by Crippen LogP contribution is -2.13. The molecule has 0 aromatic heterocycles. The fraction of sp³-hybridized carbons (Fsp3) is 0.667. The summed E-state index contributed by atoms with van der Waals surface area (Å²) in [6, 6.07) is 8.16. The van der Waals surface area contributed by atoms with Crippen LogP contribution in [-0.4, -0.2) is 11.7 Å². The first-order valence-corrected chi connectivity index (χ1v) is 9.97. The second-order valence-corrected chi connectivity index (χ2v) is 7.37. The number of ketones is 1. The van der Waals surface area contributed by atoms with Crippen molar-refractivity contribution in [2.45, 2.75) is 77.0 Å². The summed E-state index contributed by atoms with van der Waals surface area (Å²) < 4.78 is 0. The van der Waals surface area contributed by atoms with Crippen LogP contribution >= 0.6 is 11.6 Å². The van der Waals surface area contributed by atoms with E-state index in [1.54, 1.807) is 0 Å². The largest absolute Gasteiger partial charge is 0.293 e. The van der Waals surface area contributed by atoms with Gasteiger partial charge in [-0.3, -0.25) is 4.79 Å². The summed E-state index contributed by atoms with van der Waals surface area (Å²) in [5, 5.41) is 0. The molecular formula is C21H31ClO. The number of benzene rings is 1. The van der Waals surface area contributed by atoms with Crippen LogP contribution in [0.1, 0.15) is 93.0 Å². The minimum atomic E-state index is 0.0185. The van der Waals surface area contributed by atoms with Crippen molar-refractivity contribution < 1.29 is 4.79 Å². The lowest BCUT2D eigenvalue weighted by Gasteiger charge is -2.29. The Labute approximate surface area is 146 Å². The molecule has 0 amide bonds. The van der Waals surface area contributed by atoms with Crippen molar-refractivity contribution in [1.82, 2.24) is 0 Å². The fourth-order valence-electron chi connectivity index (χ4n) is 3.84. The Balaban J connectivity index is 1.72. The average molecular weight is 335 g/mol. The van der Waals surface area contributed by atoms with Gasteiger partial charge in [-0.05, 0) is 43.1 Å². The van der Waals surface area contributed by atoms with Crippen LogP contribution in [0.2, 0.25) is 0 Å². The number of halogens is 1. The van der Waals surface area contributed by atoms with Crippen LogP contribution in [0.15, 0.2) is 24.3 Å². The van der Waals surface area contributed by atoms with Crippen LogP contribution in [0.4, 0.5) is 0 Å². The highest BCUT2D eigenvalue weighted by Gasteiger charge is 2.22. The smallest absolute Gasteiger partial charge is 0.177 e. The summed E-state index contributed by atoms with van der Waals surface area (Å²) >= 11 is 5.61. The van der Waals surface area contributed by atoms with Crippen LogP contribution in [0.3, 0.4) is 0 Å². The predicted octanol–water partition coefficient (Wildman–Crippen LogP) is 6.74. The standard InChI is InChI=1S/C21H31ClO/c1-2-3-4-5-6-7-17-8-10-18(11-9-17)19-12-14-20(15-13-19)21(23)16-22/h12-15,17-18H,2-11,16H2,1H3. The molecule has 1 nitrogen and oxygen atoms in total. The average Bonchev–Trinajstić information content (AvgIpc) is 2.61. The molecule has 1 aromatic rings. The summed E-state index contributed by atoms with van der Waals surface area (Å²) in [4.78, 5) is 11.6. The van der Waals surface area contributed by atoms with Crippen molar-refractivity contribution in [2.24, 2.45) is 5.92 Å². The molecule has 0 unspecified atom stereocenters. The summed E-state index contributed by atoms with van der Waals surface area (Å²) in [7, 11) is 0. The van der Waals surface area contributed by atoms with Crippen molar-refractivity contribution >= 4 is 17.4 Å². The number of carbonyl (C=O) groups excluding carboxylic acids is 1. The first kappa shape index (κ1) is 18.5. The quantitative estimate of drug-likeness (QED) is 0.277. The van der Waals surface area contributed by atoms with E-state index in [-0.39, 0.29) is 11.7 Å². The first-order chi connectivity index (χ1) is 11.2. The number of hydrogen-bond acceptors (Lipinski definition) is 1. The van der Waals surface area contributed by atoms with Gasteiger partial charge in [0.2, 0.25) is 0 Å². The van der Waals surface area contributed by atoms with Crippen molar-refractivity contribution in [3.05, 3.63) is 35.4 Å². The Hall–Kier alpha value is -0.820. The van der Waals surface area contributed by atoms with Gasteiger partial charge in [0.15, 0.2) is 5.78 Å². The third-order valence-corrected chi connectivity index (χ3v) is 5.63. The summed E-state index contributed by atoms with van der Waals surface area (Å²) in [6.07, 6.45) is 13.8. The molecule has 0 aliphatic heterocycles. The molecule has 23 heavy (non-hydrogen) atoms. The molecule has 2 heteroatoms. The highest BCUT2D eigenvalue weighted by molar-refractivity contribution is 6.30. The summed E-state index contributed by atoms with van der Waals surface area (Å²) in [6.45, 7) is 2.28. The van der Waals surface area contributed by atoms with Crippen LogP contribution in [0.5, 0.6) is 0 Å². The Kier molecular flexibility index (Phi) is 8.16. The number of rotatable bonds is 9. The van der Waals surface area contributed by atoms with Crippen LogP contribution in [-0.2, 0) is 0 Å². The molecule has 2 rings (SSSR count). The van der Waals surface area contributed by atoms with Gasteiger partial charge in [-0.2, -0.15) is 0 Å². The molecule has 0 spiro atoms. The zero-order valence-electron chi connectivity index (χ0n) is 14.5. The van der Waals surface area contributed by atoms with E-state index in [0.29, 0.717) is 5.92 Å². The fourth-order valence-corrected chi connectivity index (χ4v) is 3.99. The van der Waals surface area contributed by atoms with E-state index < -0.39 is 0 Å². The van der Waals surface area contributed by atoms with Gasteiger partial charge in [0.1, 0.15) is 0 Å². The molecule has 0 N–H and O–H groups in total. The zero-order chi connectivity index (χ0) is 16.5. The first-order valence-electron chi connectivity index (χ1n) is 9.43. The molecule has 128 valence electrons. The minimum Gasteiger partial charge on any atom is -0.293 e. The molecular weight excluding hydrogens is 304 g/mol. The van der Waals surface area contributed by atoms with Gasteiger partial charge in [0.25, 0.3) is 0 Å². The van der Waals surface area contributed by atoms with Gasteiger partial charge in [-0.25, -0.2) is 0 Å². The van der Waals surface area contributed by atoms with E-state index in [4.69, 9.17) is 11.6 Å². The molecule has 1 saturated carbocycles. The highest BCUT2D eigenvalue weighted by Crippen LogP contribution is 2.37. The molecule has 0 radical (unpaired) electrons. The third kappa shape index (κ3) is 5.95. The lowest BCUT2D eigenvalue weighted by atomic mass is 9.77. The Morgan fingerprint density at radius 3 is 2.26 bits per heavy atom. The second-order valence-electron chi connectivity index (χ2n) is 7.10. The molecule has 0 heterocycles. The van der Waals surface area contributed by atoms with E-state index in [2.05, 4.69) is 19.1 Å². The molecule has 1 aliphatic carbocycles. The van der Waals surface area contributed by atoms with Gasteiger partial charge in [-0.15, -0.1) is 11.6 Å². The van der Waals surface area contributed by atoms with Gasteiger partial charge in [0.05, 0.1) is 5.88 Å². The normalized spacial score (nSPS) is 21.3. The van der Waals surface area contributed by atoms with Gasteiger partial charge in [-0.1, -0.05) is 69.7 Å². The van der Waals surface area contributed by atoms with E-state index >= 15 is 0 Å². The van der Waals surface area contributed by atoms with E-state index in [9.17, 15) is 4.79 Å². The van der Waals surface area contributed by atoms with Crippen LogP contribution < -0.4 is 0 Å². The van der Waals surface area contributed by atoms with Crippen molar-refractivity contribution in [2.75, 3.05) is 5.88 Å². The number of alkyl halides is 1. The van der Waals surface area contributed by atoms with Crippen LogP contribution in [0, 0.1) is 5.92 Å². The molecule has 0 atom stereocenters. The number of unbranched alkanes of at least 4 members (excludes halogenated alkanes) is 4. The summed E-state index contributed by atoms with van der Waals surface area (Å²) in [5.41, 5.74) is 2.14. The number of hydrogen-bond donors (Lipinski definition) is 0. The topological polar surface area (TPSA) is 17.1 Å². The predicted molar refractivity (Wildman–Crippen MR) is 99.6 cm³/mol. The Morgan fingerprint density at radius 2 is 1.65 bits per heavy atom. The molecule has 0 bridgehead atoms. The van der Waals surface area contributed by atoms with Gasteiger partial charge in [0, 0.05) is 5.56 Å². The Bertz CT molecular complexity index is 457. The van der Waals surface area contributed by atoms with Gasteiger partial charge >= 0.3 is 0 Å². The monoisotopic (exact) mass is 334 g/mol. The molecule has 1 aromatic carbocycles. The number of carbonyl (C=O) groups is 1. The van der Waals surface area contributed by atoms with Gasteiger partial charge < -0.3 is 0 Å². The third-order valence-electron chi connectivity index (χ3n) is 5.39. The zero-order valence-corrected chi connectivity index (χ0v) is 15.3. The van der Waals surface area contributed by atoms with E-state index in [0.717, 1.165) is 11.5 Å². The molecule has 0 saturated heterocycles. The lowest BCUT2D eigenvalue weighted by molar-refractivity contribution is 0.102. The molecule has 1 fully saturated rings.